The lowest BCUT2D eigenvalue weighted by Gasteiger charge is -2.24. The van der Waals surface area contributed by atoms with Crippen molar-refractivity contribution < 1.29 is 19.0 Å². The zero-order chi connectivity index (χ0) is 24.9. The van der Waals surface area contributed by atoms with Crippen LogP contribution in [0.2, 0.25) is 0 Å². The van der Waals surface area contributed by atoms with E-state index in [1.165, 1.54) is 11.3 Å². The molecule has 4 rings (SSSR count). The lowest BCUT2D eigenvalue weighted by Crippen LogP contribution is -2.39. The largest absolute Gasteiger partial charge is 0.497 e. The second-order valence-electron chi connectivity index (χ2n) is 7.99. The Bertz CT molecular complexity index is 1420. The Labute approximate surface area is 207 Å². The second-order valence-corrected chi connectivity index (χ2v) is 9.00. The summed E-state index contributed by atoms with van der Waals surface area (Å²) in [6.07, 6.45) is 2.77. The topological polar surface area (TPSA) is 79.1 Å². The van der Waals surface area contributed by atoms with Gasteiger partial charge in [0.2, 0.25) is 0 Å². The summed E-state index contributed by atoms with van der Waals surface area (Å²) in [6, 6.07) is 14.3. The third-order valence-electron chi connectivity index (χ3n) is 5.60. The van der Waals surface area contributed by atoms with Crippen LogP contribution < -0.4 is 24.4 Å². The zero-order valence-corrected chi connectivity index (χ0v) is 21.1. The van der Waals surface area contributed by atoms with Crippen LogP contribution in [-0.2, 0) is 9.53 Å². The summed E-state index contributed by atoms with van der Waals surface area (Å²) < 4.78 is 18.4. The number of allylic oxidation sites excluding steroid dienone is 1. The van der Waals surface area contributed by atoms with Gasteiger partial charge in [-0.1, -0.05) is 42.5 Å². The predicted octanol–water partition coefficient (Wildman–Crippen LogP) is 3.60. The molecule has 0 saturated heterocycles. The van der Waals surface area contributed by atoms with Crippen LogP contribution in [0, 0.1) is 0 Å². The molecule has 0 fully saturated rings. The van der Waals surface area contributed by atoms with E-state index in [0.717, 1.165) is 23.3 Å². The highest BCUT2D eigenvalue weighted by molar-refractivity contribution is 7.07. The Morgan fingerprint density at radius 3 is 2.40 bits per heavy atom. The number of carbonyl (C=O) groups excluding carboxylic acids is 1. The highest BCUT2D eigenvalue weighted by Gasteiger charge is 2.33. The number of aromatic nitrogens is 1. The minimum atomic E-state index is -0.650. The average molecular weight is 493 g/mol. The Kier molecular flexibility index (Phi) is 7.51. The number of thiazole rings is 1. The minimum absolute atomic E-state index is 0.213. The Morgan fingerprint density at radius 1 is 1.09 bits per heavy atom. The first-order valence-corrected chi connectivity index (χ1v) is 12.3. The molecule has 35 heavy (non-hydrogen) atoms. The van der Waals surface area contributed by atoms with E-state index in [9.17, 15) is 9.59 Å². The molecule has 0 N–H and O–H groups in total. The zero-order valence-electron chi connectivity index (χ0n) is 20.2. The smallest absolute Gasteiger partial charge is 0.338 e. The van der Waals surface area contributed by atoms with E-state index in [1.54, 1.807) is 25.5 Å². The maximum atomic E-state index is 13.6. The van der Waals surface area contributed by atoms with Gasteiger partial charge in [-0.2, -0.15) is 0 Å². The van der Waals surface area contributed by atoms with Crippen molar-refractivity contribution in [2.75, 3.05) is 20.3 Å². The molecule has 1 aliphatic rings. The van der Waals surface area contributed by atoms with Crippen molar-refractivity contribution in [1.29, 1.82) is 0 Å². The van der Waals surface area contributed by atoms with Crippen LogP contribution in [0.1, 0.15) is 44.4 Å². The van der Waals surface area contributed by atoms with Gasteiger partial charge in [-0.3, -0.25) is 9.36 Å². The molecule has 7 nitrogen and oxygen atoms in total. The molecule has 0 saturated carbocycles. The first-order valence-electron chi connectivity index (χ1n) is 11.5. The van der Waals surface area contributed by atoms with Gasteiger partial charge < -0.3 is 14.2 Å². The predicted molar refractivity (Wildman–Crippen MR) is 136 cm³/mol. The van der Waals surface area contributed by atoms with Crippen LogP contribution in [0.15, 0.2) is 69.6 Å². The second kappa shape index (κ2) is 10.7. The molecule has 0 unspecified atom stereocenters. The maximum Gasteiger partial charge on any atom is 0.338 e. The molecule has 182 valence electrons. The standard InChI is InChI=1S/C27H28N2O5S/c1-5-15-34-21-11-7-18(8-12-21)16-22-25(30)29-24(19-9-13-20(32-4)14-10-19)23(26(31)33-6-2)17(3)28-27(29)35-22/h7-14,16,24H,5-6,15H2,1-4H3/b22-16+/t24-/m0/s1. The van der Waals surface area contributed by atoms with Crippen molar-refractivity contribution in [3.8, 4) is 11.5 Å². The van der Waals surface area contributed by atoms with Crippen molar-refractivity contribution in [2.45, 2.75) is 33.2 Å². The summed E-state index contributed by atoms with van der Waals surface area (Å²) in [4.78, 5) is 31.7. The molecule has 3 aromatic rings. The summed E-state index contributed by atoms with van der Waals surface area (Å²) in [7, 11) is 1.59. The number of methoxy groups -OCH3 is 1. The van der Waals surface area contributed by atoms with Gasteiger partial charge in [0, 0.05) is 0 Å². The number of hydrogen-bond acceptors (Lipinski definition) is 7. The monoisotopic (exact) mass is 492 g/mol. The molecule has 0 spiro atoms. The quantitative estimate of drug-likeness (QED) is 0.449. The maximum absolute atomic E-state index is 13.6. The number of hydrogen-bond donors (Lipinski definition) is 0. The highest BCUT2D eigenvalue weighted by atomic mass is 32.1. The molecule has 2 aromatic carbocycles. The molecule has 0 radical (unpaired) electrons. The number of rotatable bonds is 8. The van der Waals surface area contributed by atoms with E-state index in [2.05, 4.69) is 11.9 Å². The van der Waals surface area contributed by atoms with Crippen LogP contribution >= 0.6 is 11.3 Å². The molecule has 1 aliphatic heterocycles. The van der Waals surface area contributed by atoms with Gasteiger partial charge in [0.1, 0.15) is 11.5 Å². The number of fused-ring (bicyclic) bond motifs is 1. The van der Waals surface area contributed by atoms with E-state index in [4.69, 9.17) is 14.2 Å². The lowest BCUT2D eigenvalue weighted by atomic mass is 9.96. The Hall–Kier alpha value is -3.65. The molecule has 0 aliphatic carbocycles. The van der Waals surface area contributed by atoms with Crippen LogP contribution in [0.5, 0.6) is 11.5 Å². The molecule has 0 amide bonds. The van der Waals surface area contributed by atoms with Crippen LogP contribution in [0.3, 0.4) is 0 Å². The number of esters is 1. The van der Waals surface area contributed by atoms with E-state index in [-0.39, 0.29) is 12.2 Å². The van der Waals surface area contributed by atoms with Gasteiger partial charge in [0.05, 0.1) is 42.2 Å². The normalized spacial score (nSPS) is 15.4. The van der Waals surface area contributed by atoms with Crippen molar-refractivity contribution in [3.05, 3.63) is 90.6 Å². The van der Waals surface area contributed by atoms with E-state index in [1.807, 2.05) is 54.6 Å². The van der Waals surface area contributed by atoms with Gasteiger partial charge in [-0.25, -0.2) is 9.79 Å². The fourth-order valence-electron chi connectivity index (χ4n) is 3.92. The molecule has 1 atom stereocenters. The third kappa shape index (κ3) is 5.07. The van der Waals surface area contributed by atoms with E-state index < -0.39 is 12.0 Å². The van der Waals surface area contributed by atoms with E-state index >= 15 is 0 Å². The number of ether oxygens (including phenoxy) is 3. The summed E-state index contributed by atoms with van der Waals surface area (Å²) in [6.45, 7) is 6.47. The van der Waals surface area contributed by atoms with E-state index in [0.29, 0.717) is 33.0 Å². The van der Waals surface area contributed by atoms with Crippen LogP contribution in [0.25, 0.3) is 6.08 Å². The van der Waals surface area contributed by atoms with Crippen molar-refractivity contribution >= 4 is 23.4 Å². The Balaban J connectivity index is 1.83. The minimum Gasteiger partial charge on any atom is -0.497 e. The van der Waals surface area contributed by atoms with Crippen molar-refractivity contribution in [1.82, 2.24) is 4.57 Å². The SMILES string of the molecule is CCCOc1ccc(/C=c2/sc3n(c2=O)[C@@H](c2ccc(OC)cc2)C(C(=O)OCC)=C(C)N=3)cc1. The van der Waals surface area contributed by atoms with Crippen molar-refractivity contribution in [2.24, 2.45) is 4.99 Å². The summed E-state index contributed by atoms with van der Waals surface area (Å²) >= 11 is 1.30. The molecular formula is C27H28N2O5S. The number of nitrogens with zero attached hydrogens (tertiary/aromatic N) is 2. The third-order valence-corrected chi connectivity index (χ3v) is 6.58. The summed E-state index contributed by atoms with van der Waals surface area (Å²) in [5, 5.41) is 0. The molecule has 8 heteroatoms. The average Bonchev–Trinajstić information content (AvgIpc) is 3.17. The van der Waals surface area contributed by atoms with Gasteiger partial charge in [0.15, 0.2) is 4.80 Å². The first kappa shape index (κ1) is 24.5. The van der Waals surface area contributed by atoms with Gasteiger partial charge in [-0.15, -0.1) is 0 Å². The molecule has 2 heterocycles. The van der Waals surface area contributed by atoms with Crippen LogP contribution in [0.4, 0.5) is 0 Å². The van der Waals surface area contributed by atoms with Gasteiger partial charge >= 0.3 is 5.97 Å². The van der Waals surface area contributed by atoms with Gasteiger partial charge in [-0.05, 0) is 61.7 Å². The molecule has 0 bridgehead atoms. The summed E-state index contributed by atoms with van der Waals surface area (Å²) in [5.74, 6) is 0.997. The van der Waals surface area contributed by atoms with Crippen LogP contribution in [-0.4, -0.2) is 30.9 Å². The number of benzene rings is 2. The lowest BCUT2D eigenvalue weighted by molar-refractivity contribution is -0.139. The van der Waals surface area contributed by atoms with Crippen molar-refractivity contribution in [3.63, 3.8) is 0 Å². The summed E-state index contributed by atoms with van der Waals surface area (Å²) in [5.41, 5.74) is 2.33. The highest BCUT2D eigenvalue weighted by Crippen LogP contribution is 2.31. The first-order chi connectivity index (χ1) is 17.0. The fourth-order valence-corrected chi connectivity index (χ4v) is 4.97. The Morgan fingerprint density at radius 2 is 1.77 bits per heavy atom. The molecular weight excluding hydrogens is 464 g/mol. The number of carbonyl (C=O) groups is 1. The molecule has 1 aromatic heterocycles. The fraction of sp³-hybridized carbons (Fsp3) is 0.296. The van der Waals surface area contributed by atoms with Gasteiger partial charge in [0.25, 0.3) is 5.56 Å².